The van der Waals surface area contributed by atoms with Gasteiger partial charge in [0.15, 0.2) is 5.79 Å². The van der Waals surface area contributed by atoms with E-state index in [-0.39, 0.29) is 30.2 Å². The molecule has 7 nitrogen and oxygen atoms in total. The summed E-state index contributed by atoms with van der Waals surface area (Å²) in [6, 6.07) is 14.3. The summed E-state index contributed by atoms with van der Waals surface area (Å²) in [7, 11) is 0. The number of hydrogen-bond acceptors (Lipinski definition) is 6. The van der Waals surface area contributed by atoms with Gasteiger partial charge >= 0.3 is 0 Å². The monoisotopic (exact) mass is 588 g/mol. The molecule has 4 aromatic rings. The van der Waals surface area contributed by atoms with Crippen molar-refractivity contribution in [1.82, 2.24) is 19.7 Å². The first kappa shape index (κ1) is 29.4. The number of rotatable bonds is 8. The van der Waals surface area contributed by atoms with Crippen LogP contribution < -0.4 is 4.74 Å². The summed E-state index contributed by atoms with van der Waals surface area (Å²) in [5.41, 5.74) is 5.61. The number of benzene rings is 2. The Bertz CT molecular complexity index is 1590. The van der Waals surface area contributed by atoms with Crippen molar-refractivity contribution in [3.8, 4) is 28.1 Å². The van der Waals surface area contributed by atoms with Gasteiger partial charge in [0.2, 0.25) is 0 Å². The number of hydrogen-bond donors (Lipinski definition) is 0. The van der Waals surface area contributed by atoms with Gasteiger partial charge in [-0.2, -0.15) is 5.10 Å². The first-order valence-electron chi connectivity index (χ1n) is 14.9. The van der Waals surface area contributed by atoms with Crippen LogP contribution in [0, 0.1) is 11.6 Å². The third-order valence-corrected chi connectivity index (χ3v) is 8.32. The molecule has 0 N–H and O–H groups in total. The molecular weight excluding hydrogens is 550 g/mol. The Morgan fingerprint density at radius 3 is 2.42 bits per heavy atom. The third kappa shape index (κ3) is 6.07. The van der Waals surface area contributed by atoms with Crippen LogP contribution in [0.2, 0.25) is 0 Å². The fourth-order valence-corrected chi connectivity index (χ4v) is 6.06. The fraction of sp³-hybridized carbons (Fsp3) is 0.412. The molecule has 1 fully saturated rings. The second-order valence-electron chi connectivity index (χ2n) is 12.1. The van der Waals surface area contributed by atoms with Gasteiger partial charge in [0.05, 0.1) is 24.9 Å². The van der Waals surface area contributed by atoms with Crippen LogP contribution in [0.5, 0.6) is 5.75 Å². The molecule has 2 atom stereocenters. The molecule has 43 heavy (non-hydrogen) atoms. The molecule has 6 rings (SSSR count). The zero-order chi connectivity index (χ0) is 30.3. The van der Waals surface area contributed by atoms with Crippen molar-refractivity contribution >= 4 is 0 Å². The number of halogens is 2. The lowest BCUT2D eigenvalue weighted by molar-refractivity contribution is -0.141. The zero-order valence-corrected chi connectivity index (χ0v) is 25.3. The van der Waals surface area contributed by atoms with E-state index in [0.29, 0.717) is 17.9 Å². The summed E-state index contributed by atoms with van der Waals surface area (Å²) in [5.74, 6) is -0.980. The Morgan fingerprint density at radius 1 is 1.00 bits per heavy atom. The lowest BCUT2D eigenvalue weighted by Gasteiger charge is -2.36. The summed E-state index contributed by atoms with van der Waals surface area (Å²) in [6.07, 6.45) is 3.56. The molecule has 0 spiro atoms. The second-order valence-corrected chi connectivity index (χ2v) is 12.1. The SMILES string of the molecule is CC(C)c1cc(F)c(COc2ccc(-c3c(-c4ccncc4)nn4c3C(C)N(CC3COC(C)(C)O3)CC4)cc2)cc1F. The average molecular weight is 589 g/mol. The summed E-state index contributed by atoms with van der Waals surface area (Å²) < 4.78 is 49.1. The summed E-state index contributed by atoms with van der Waals surface area (Å²) in [5, 5.41) is 5.07. The zero-order valence-electron chi connectivity index (χ0n) is 25.3. The Kier molecular flexibility index (Phi) is 8.06. The van der Waals surface area contributed by atoms with E-state index in [9.17, 15) is 8.78 Å². The molecule has 0 aliphatic carbocycles. The summed E-state index contributed by atoms with van der Waals surface area (Å²) in [4.78, 5) is 6.63. The van der Waals surface area contributed by atoms with E-state index in [2.05, 4.69) is 21.5 Å². The van der Waals surface area contributed by atoms with Gasteiger partial charge in [0.25, 0.3) is 0 Å². The average Bonchev–Trinajstić information content (AvgIpc) is 3.55. The van der Waals surface area contributed by atoms with Crippen LogP contribution in [0.1, 0.15) is 63.4 Å². The topological polar surface area (TPSA) is 61.6 Å². The van der Waals surface area contributed by atoms with Gasteiger partial charge in [-0.15, -0.1) is 0 Å². The minimum absolute atomic E-state index is 0.00589. The first-order valence-corrected chi connectivity index (χ1v) is 14.9. The molecule has 1 saturated heterocycles. The fourth-order valence-electron chi connectivity index (χ4n) is 6.06. The van der Waals surface area contributed by atoms with Gasteiger partial charge in [-0.25, -0.2) is 8.78 Å². The van der Waals surface area contributed by atoms with Gasteiger partial charge < -0.3 is 14.2 Å². The van der Waals surface area contributed by atoms with E-state index >= 15 is 0 Å². The number of aromatic nitrogens is 3. The first-order chi connectivity index (χ1) is 20.6. The molecule has 2 aromatic heterocycles. The summed E-state index contributed by atoms with van der Waals surface area (Å²) >= 11 is 0. The maximum atomic E-state index is 14.7. The highest BCUT2D eigenvalue weighted by atomic mass is 19.1. The molecule has 2 aliphatic rings. The van der Waals surface area contributed by atoms with Crippen molar-refractivity contribution in [2.75, 3.05) is 19.7 Å². The number of ether oxygens (including phenoxy) is 3. The van der Waals surface area contributed by atoms with Crippen LogP contribution in [0.3, 0.4) is 0 Å². The van der Waals surface area contributed by atoms with Crippen molar-refractivity contribution in [3.63, 3.8) is 0 Å². The van der Waals surface area contributed by atoms with Crippen LogP contribution in [-0.4, -0.2) is 51.3 Å². The normalized spacial score (nSPS) is 20.0. The highest BCUT2D eigenvalue weighted by Crippen LogP contribution is 2.41. The minimum atomic E-state index is -0.563. The standard InChI is InChI=1S/C34H38F2N4O3/c1-21(2)28-17-29(35)25(16-30(28)36)19-41-26-8-6-23(7-9-26)31-32(24-10-12-37-13-11-24)38-40-15-14-39(22(3)33(31)40)18-27-20-42-34(4,5)43-27/h6-13,16-17,21-22,27H,14-15,18-20H2,1-5H3. The maximum Gasteiger partial charge on any atom is 0.163 e. The quantitative estimate of drug-likeness (QED) is 0.218. The Labute approximate surface area is 251 Å². The van der Waals surface area contributed by atoms with Gasteiger partial charge in [-0.1, -0.05) is 26.0 Å². The van der Waals surface area contributed by atoms with Crippen molar-refractivity contribution < 1.29 is 23.0 Å². The molecular formula is C34H38F2N4O3. The minimum Gasteiger partial charge on any atom is -0.489 e. The predicted molar refractivity (Wildman–Crippen MR) is 161 cm³/mol. The molecule has 2 aromatic carbocycles. The van der Waals surface area contributed by atoms with Gasteiger partial charge in [-0.3, -0.25) is 14.6 Å². The number of nitrogens with zero attached hydrogens (tertiary/aromatic N) is 4. The van der Waals surface area contributed by atoms with Gasteiger partial charge in [0.1, 0.15) is 29.7 Å². The van der Waals surface area contributed by atoms with E-state index in [1.807, 2.05) is 64.1 Å². The Morgan fingerprint density at radius 2 is 1.74 bits per heavy atom. The molecule has 0 radical (unpaired) electrons. The Balaban J connectivity index is 1.27. The highest BCUT2D eigenvalue weighted by molar-refractivity contribution is 5.83. The lowest BCUT2D eigenvalue weighted by Crippen LogP contribution is -2.42. The third-order valence-electron chi connectivity index (χ3n) is 8.32. The van der Waals surface area contributed by atoms with E-state index < -0.39 is 17.4 Å². The van der Waals surface area contributed by atoms with Crippen LogP contribution in [0.15, 0.2) is 60.9 Å². The molecule has 0 amide bonds. The van der Waals surface area contributed by atoms with Crippen LogP contribution in [0.25, 0.3) is 22.4 Å². The van der Waals surface area contributed by atoms with E-state index in [1.165, 1.54) is 12.1 Å². The number of fused-ring (bicyclic) bond motifs is 1. The van der Waals surface area contributed by atoms with Crippen molar-refractivity contribution in [1.29, 1.82) is 0 Å². The van der Waals surface area contributed by atoms with Crippen molar-refractivity contribution in [2.24, 2.45) is 0 Å². The molecule has 0 saturated carbocycles. The molecule has 2 unspecified atom stereocenters. The van der Waals surface area contributed by atoms with Gasteiger partial charge in [0, 0.05) is 48.2 Å². The van der Waals surface area contributed by atoms with E-state index in [0.717, 1.165) is 47.7 Å². The lowest BCUT2D eigenvalue weighted by atomic mass is 9.95. The van der Waals surface area contributed by atoms with Crippen LogP contribution in [0.4, 0.5) is 8.78 Å². The van der Waals surface area contributed by atoms with Crippen LogP contribution in [-0.2, 0) is 22.6 Å². The van der Waals surface area contributed by atoms with Crippen LogP contribution >= 0.6 is 0 Å². The van der Waals surface area contributed by atoms with E-state index in [4.69, 9.17) is 19.3 Å². The largest absolute Gasteiger partial charge is 0.489 e. The molecule has 0 bridgehead atoms. The van der Waals surface area contributed by atoms with Crippen molar-refractivity contribution in [3.05, 3.63) is 89.4 Å². The van der Waals surface area contributed by atoms with Gasteiger partial charge in [-0.05, 0) is 74.2 Å². The molecule has 4 heterocycles. The smallest absolute Gasteiger partial charge is 0.163 e. The molecule has 9 heteroatoms. The highest BCUT2D eigenvalue weighted by Gasteiger charge is 2.37. The van der Waals surface area contributed by atoms with E-state index in [1.54, 1.807) is 12.4 Å². The van der Waals surface area contributed by atoms with Crippen molar-refractivity contribution in [2.45, 2.75) is 71.6 Å². The number of pyridine rings is 1. The molecule has 226 valence electrons. The summed E-state index contributed by atoms with van der Waals surface area (Å²) in [6.45, 7) is 12.7. The Hall–Kier alpha value is -3.66. The second kappa shape index (κ2) is 11.8. The predicted octanol–water partition coefficient (Wildman–Crippen LogP) is 7.12. The maximum absolute atomic E-state index is 14.7. The molecule has 2 aliphatic heterocycles.